The molecule has 3 fully saturated rings. The molecule has 5 rings (SSSR count). The largest absolute Gasteiger partial charge is 0.374 e. The molecule has 2 nitrogen and oxygen atoms in total. The average molecular weight is 338 g/mol. The normalized spacial score (nSPS) is 47.4. The van der Waals surface area contributed by atoms with Crippen LogP contribution in [-0.2, 0) is 9.53 Å². The van der Waals surface area contributed by atoms with E-state index < -0.39 is 0 Å². The van der Waals surface area contributed by atoms with E-state index in [1.54, 1.807) is 5.57 Å². The minimum Gasteiger partial charge on any atom is -0.374 e. The Balaban J connectivity index is 1.60. The summed E-state index contributed by atoms with van der Waals surface area (Å²) in [6.45, 7) is 9.73. The zero-order chi connectivity index (χ0) is 17.4. The molecule has 25 heavy (non-hydrogen) atoms. The van der Waals surface area contributed by atoms with E-state index in [-0.39, 0.29) is 5.60 Å². The lowest BCUT2D eigenvalue weighted by Crippen LogP contribution is -2.49. The van der Waals surface area contributed by atoms with Gasteiger partial charge in [0.1, 0.15) is 0 Å². The van der Waals surface area contributed by atoms with Crippen LogP contribution in [0.5, 0.6) is 0 Å². The predicted molar refractivity (Wildman–Crippen MR) is 99.1 cm³/mol. The lowest BCUT2D eigenvalue weighted by molar-refractivity contribution is -0.114. The Morgan fingerprint density at radius 3 is 2.92 bits per heavy atom. The summed E-state index contributed by atoms with van der Waals surface area (Å²) in [4.78, 5) is 11.9. The minimum atomic E-state index is 0.155. The van der Waals surface area contributed by atoms with Crippen LogP contribution in [0.3, 0.4) is 0 Å². The van der Waals surface area contributed by atoms with Crippen LogP contribution in [0.4, 0.5) is 0 Å². The van der Waals surface area contributed by atoms with Crippen molar-refractivity contribution in [1.29, 1.82) is 0 Å². The van der Waals surface area contributed by atoms with Gasteiger partial charge < -0.3 is 4.74 Å². The highest BCUT2D eigenvalue weighted by Gasteiger charge is 2.75. The fourth-order valence-electron chi connectivity index (χ4n) is 7.39. The van der Waals surface area contributed by atoms with Crippen molar-refractivity contribution in [3.05, 3.63) is 35.5 Å². The molecule has 5 aliphatic rings. The fraction of sp³-hybridized carbons (Fsp3) is 0.696. The van der Waals surface area contributed by atoms with Crippen molar-refractivity contribution in [1.82, 2.24) is 0 Å². The first-order valence-electron chi connectivity index (χ1n) is 10.3. The third-order valence-corrected chi connectivity index (χ3v) is 8.40. The molecule has 0 aromatic rings. The molecule has 6 atom stereocenters. The van der Waals surface area contributed by atoms with Gasteiger partial charge in [-0.15, -0.1) is 6.58 Å². The molecule has 0 radical (unpaired) electrons. The van der Waals surface area contributed by atoms with Crippen LogP contribution in [0.2, 0.25) is 0 Å². The second-order valence-electron chi connectivity index (χ2n) is 9.24. The van der Waals surface area contributed by atoms with Crippen molar-refractivity contribution in [2.75, 3.05) is 6.61 Å². The summed E-state index contributed by atoms with van der Waals surface area (Å²) in [6.07, 6.45) is 11.9. The highest BCUT2D eigenvalue weighted by molar-refractivity contribution is 5.93. The molecule has 0 amide bonds. The summed E-state index contributed by atoms with van der Waals surface area (Å²) >= 11 is 0. The summed E-state index contributed by atoms with van der Waals surface area (Å²) in [5.41, 5.74) is 5.00. The van der Waals surface area contributed by atoms with Crippen molar-refractivity contribution < 1.29 is 9.53 Å². The molecule has 3 saturated carbocycles. The van der Waals surface area contributed by atoms with Gasteiger partial charge in [0.2, 0.25) is 0 Å². The summed E-state index contributed by atoms with van der Waals surface area (Å²) in [7, 11) is 0. The van der Waals surface area contributed by atoms with E-state index in [9.17, 15) is 4.79 Å². The maximum absolute atomic E-state index is 11.9. The van der Waals surface area contributed by atoms with Crippen LogP contribution in [0.1, 0.15) is 58.8 Å². The summed E-state index contributed by atoms with van der Waals surface area (Å²) in [5.74, 6) is 3.02. The monoisotopic (exact) mass is 338 g/mol. The second kappa shape index (κ2) is 5.19. The first-order valence-corrected chi connectivity index (χ1v) is 10.3. The lowest BCUT2D eigenvalue weighted by atomic mass is 9.52. The number of ether oxygens (including phenoxy) is 1. The molecule has 0 aromatic heterocycles. The quantitative estimate of drug-likeness (QED) is 0.676. The van der Waals surface area contributed by atoms with Crippen molar-refractivity contribution in [3.63, 3.8) is 0 Å². The number of rotatable bonds is 3. The Morgan fingerprint density at radius 2 is 2.16 bits per heavy atom. The highest BCUT2D eigenvalue weighted by atomic mass is 16.5. The Morgan fingerprint density at radius 1 is 1.32 bits per heavy atom. The van der Waals surface area contributed by atoms with Crippen LogP contribution in [0, 0.1) is 29.1 Å². The molecular weight excluding hydrogens is 308 g/mol. The van der Waals surface area contributed by atoms with Gasteiger partial charge in [0, 0.05) is 18.4 Å². The third kappa shape index (κ3) is 1.92. The number of hydrogen-bond acceptors (Lipinski definition) is 2. The van der Waals surface area contributed by atoms with Crippen LogP contribution in [-0.4, -0.2) is 18.0 Å². The maximum atomic E-state index is 11.9. The number of ketones is 1. The topological polar surface area (TPSA) is 26.3 Å². The molecular formula is C23H30O2. The van der Waals surface area contributed by atoms with Gasteiger partial charge in [-0.05, 0) is 86.3 Å². The van der Waals surface area contributed by atoms with Crippen molar-refractivity contribution in [2.45, 2.75) is 64.4 Å². The Bertz CT molecular complexity index is 714. The van der Waals surface area contributed by atoms with Crippen molar-refractivity contribution >= 4 is 5.78 Å². The smallest absolute Gasteiger partial charge is 0.156 e. The van der Waals surface area contributed by atoms with Gasteiger partial charge in [0.25, 0.3) is 0 Å². The number of carbonyl (C=O) groups excluding carboxylic acids is 1. The van der Waals surface area contributed by atoms with Gasteiger partial charge in [-0.2, -0.15) is 0 Å². The summed E-state index contributed by atoms with van der Waals surface area (Å²) < 4.78 is 6.42. The number of fused-ring (bicyclic) bond motifs is 6. The van der Waals surface area contributed by atoms with Crippen molar-refractivity contribution in [3.8, 4) is 0 Å². The number of carbonyl (C=O) groups is 1. The van der Waals surface area contributed by atoms with Gasteiger partial charge in [0.15, 0.2) is 5.78 Å². The molecule has 0 unspecified atom stereocenters. The summed E-state index contributed by atoms with van der Waals surface area (Å²) in [6, 6.07) is 0. The summed E-state index contributed by atoms with van der Waals surface area (Å²) in [5, 5.41) is 0. The zero-order valence-corrected chi connectivity index (χ0v) is 15.6. The molecule has 0 bridgehead atoms. The van der Waals surface area contributed by atoms with Gasteiger partial charge >= 0.3 is 0 Å². The van der Waals surface area contributed by atoms with Gasteiger partial charge in [0.05, 0.1) is 5.60 Å². The van der Waals surface area contributed by atoms with E-state index in [0.717, 1.165) is 31.3 Å². The van der Waals surface area contributed by atoms with Crippen LogP contribution < -0.4 is 0 Å². The molecule has 0 saturated heterocycles. The van der Waals surface area contributed by atoms with Crippen LogP contribution >= 0.6 is 0 Å². The first-order chi connectivity index (χ1) is 12.0. The standard InChI is InChI=1S/C23H30O2/c1-4-14-12-22(3)20(11-16-13-23(16,22)25-5-2)19-8-6-15-10-17(24)7-9-18(15)21(14)19/h4,10,14,16,19-20H,1,5-9,11-13H2,2-3H3/t14-,16-,19-,20-,22-,23-/m0/s1. The number of hydrogen-bond donors (Lipinski definition) is 0. The predicted octanol–water partition coefficient (Wildman–Crippen LogP) is 5.01. The van der Waals surface area contributed by atoms with Gasteiger partial charge in [-0.1, -0.05) is 18.6 Å². The van der Waals surface area contributed by atoms with E-state index in [1.807, 2.05) is 6.08 Å². The van der Waals surface area contributed by atoms with Crippen LogP contribution in [0.15, 0.2) is 35.5 Å². The maximum Gasteiger partial charge on any atom is 0.156 e. The van der Waals surface area contributed by atoms with E-state index in [4.69, 9.17) is 4.74 Å². The van der Waals surface area contributed by atoms with E-state index in [0.29, 0.717) is 29.5 Å². The highest BCUT2D eigenvalue weighted by Crippen LogP contribution is 2.76. The molecule has 0 aliphatic heterocycles. The molecule has 5 aliphatic carbocycles. The average Bonchev–Trinajstić information content (AvgIpc) is 3.25. The first kappa shape index (κ1) is 16.1. The molecule has 0 spiro atoms. The third-order valence-electron chi connectivity index (χ3n) is 8.40. The van der Waals surface area contributed by atoms with Gasteiger partial charge in [-0.3, -0.25) is 4.79 Å². The van der Waals surface area contributed by atoms with E-state index >= 15 is 0 Å². The Hall–Kier alpha value is -1.15. The van der Waals surface area contributed by atoms with E-state index in [1.165, 1.54) is 36.8 Å². The van der Waals surface area contributed by atoms with Gasteiger partial charge in [-0.25, -0.2) is 0 Å². The Labute approximate surface area is 151 Å². The molecule has 2 heteroatoms. The molecule has 134 valence electrons. The van der Waals surface area contributed by atoms with Crippen LogP contribution in [0.25, 0.3) is 0 Å². The Kier molecular flexibility index (Phi) is 3.33. The second-order valence-corrected chi connectivity index (χ2v) is 9.24. The lowest BCUT2D eigenvalue weighted by Gasteiger charge is -2.53. The minimum absolute atomic E-state index is 0.155. The molecule has 0 heterocycles. The fourth-order valence-corrected chi connectivity index (χ4v) is 7.39. The van der Waals surface area contributed by atoms with Crippen molar-refractivity contribution in [2.24, 2.45) is 29.1 Å². The van der Waals surface area contributed by atoms with E-state index in [2.05, 4.69) is 26.5 Å². The zero-order valence-electron chi connectivity index (χ0n) is 15.6. The molecule has 0 N–H and O–H groups in total. The SMILES string of the molecule is C=C[C@H]1C[C@@]2(C)[C@@H](C[C@H]3C[C@]32OCC)[C@@H]2CCC3=CC(=O)CCC3=C21. The molecule has 0 aromatic carbocycles. The number of allylic oxidation sites excluding steroid dienone is 5.